The van der Waals surface area contributed by atoms with Gasteiger partial charge in [-0.15, -0.1) is 6.58 Å². The van der Waals surface area contributed by atoms with Gasteiger partial charge in [-0.3, -0.25) is 14.4 Å². The topological polar surface area (TPSA) is 83.2 Å². The van der Waals surface area contributed by atoms with Gasteiger partial charge in [0.1, 0.15) is 11.9 Å². The first kappa shape index (κ1) is 27.0. The first-order valence-corrected chi connectivity index (χ1v) is 12.5. The lowest BCUT2D eigenvalue weighted by atomic mass is 10.0. The Labute approximate surface area is 217 Å². The number of benzene rings is 1. The molecule has 3 rings (SSSR count). The number of likely N-dealkylation sites (N-methyl/N-ethyl adjacent to an activating group) is 1. The summed E-state index contributed by atoms with van der Waals surface area (Å²) >= 11 is 12.7. The minimum absolute atomic E-state index is 0.0380. The second-order valence-corrected chi connectivity index (χ2v) is 9.56. The number of halogens is 2. The molecule has 2 N–H and O–H groups in total. The molecule has 1 aromatic heterocycles. The molecule has 1 aliphatic heterocycles. The van der Waals surface area contributed by atoms with Gasteiger partial charge in [-0.1, -0.05) is 35.3 Å². The van der Waals surface area contributed by atoms with E-state index in [4.69, 9.17) is 33.3 Å². The van der Waals surface area contributed by atoms with Gasteiger partial charge in [0, 0.05) is 53.4 Å². The van der Waals surface area contributed by atoms with E-state index in [9.17, 15) is 4.79 Å². The van der Waals surface area contributed by atoms with E-state index in [2.05, 4.69) is 21.9 Å². The Bertz CT molecular complexity index is 1070. The number of rotatable bonds is 10. The molecule has 1 saturated heterocycles. The molecule has 35 heavy (non-hydrogen) atoms. The lowest BCUT2D eigenvalue weighted by Gasteiger charge is -2.31. The van der Waals surface area contributed by atoms with Gasteiger partial charge in [0.2, 0.25) is 5.91 Å². The van der Waals surface area contributed by atoms with Gasteiger partial charge in [-0.2, -0.15) is 5.10 Å². The van der Waals surface area contributed by atoms with Gasteiger partial charge < -0.3 is 15.5 Å². The van der Waals surface area contributed by atoms with E-state index < -0.39 is 6.10 Å². The zero-order valence-electron chi connectivity index (χ0n) is 20.4. The molecule has 1 fully saturated rings. The minimum atomic E-state index is -0.434. The SMILES string of the molecule is C=CC(/C=C(/OC(C)c1c(Cl)cccc1Cl)C(C)=N)c1cnn(C2CCN(CC(=O)NC)CC2)c1. The van der Waals surface area contributed by atoms with Crippen molar-refractivity contribution in [1.82, 2.24) is 20.0 Å². The first-order valence-electron chi connectivity index (χ1n) is 11.7. The molecule has 188 valence electrons. The highest BCUT2D eigenvalue weighted by Gasteiger charge is 2.23. The van der Waals surface area contributed by atoms with Crippen molar-refractivity contribution in [2.45, 2.75) is 44.8 Å². The van der Waals surface area contributed by atoms with Crippen molar-refractivity contribution < 1.29 is 9.53 Å². The van der Waals surface area contributed by atoms with Crippen LogP contribution < -0.4 is 5.32 Å². The average Bonchev–Trinajstić information content (AvgIpc) is 3.32. The predicted octanol–water partition coefficient (Wildman–Crippen LogP) is 5.54. The van der Waals surface area contributed by atoms with Crippen molar-refractivity contribution in [3.63, 3.8) is 0 Å². The van der Waals surface area contributed by atoms with Gasteiger partial charge in [-0.05, 0) is 44.9 Å². The molecular weight excluding hydrogens is 485 g/mol. The average molecular weight is 518 g/mol. The fourth-order valence-corrected chi connectivity index (χ4v) is 4.92. The molecule has 2 unspecified atom stereocenters. The molecular formula is C26H33Cl2N5O2. The Morgan fingerprint density at radius 1 is 1.34 bits per heavy atom. The number of allylic oxidation sites excluding steroid dienone is 3. The second-order valence-electron chi connectivity index (χ2n) is 8.75. The molecule has 0 bridgehead atoms. The number of aromatic nitrogens is 2. The van der Waals surface area contributed by atoms with Gasteiger partial charge in [0.05, 0.1) is 24.5 Å². The number of carbonyl (C=O) groups is 1. The maximum absolute atomic E-state index is 11.6. The minimum Gasteiger partial charge on any atom is -0.484 e. The number of nitrogens with one attached hydrogen (secondary N) is 2. The number of amides is 1. The highest BCUT2D eigenvalue weighted by molar-refractivity contribution is 6.36. The molecule has 0 spiro atoms. The highest BCUT2D eigenvalue weighted by Crippen LogP contribution is 2.34. The van der Waals surface area contributed by atoms with E-state index in [1.807, 2.05) is 36.2 Å². The van der Waals surface area contributed by atoms with Gasteiger partial charge in [0.15, 0.2) is 0 Å². The van der Waals surface area contributed by atoms with E-state index in [0.29, 0.717) is 33.6 Å². The molecule has 2 heterocycles. The van der Waals surface area contributed by atoms with Crippen LogP contribution in [-0.4, -0.2) is 53.0 Å². The normalized spacial score (nSPS) is 17.0. The maximum atomic E-state index is 11.6. The first-order chi connectivity index (χ1) is 16.7. The third-order valence-corrected chi connectivity index (χ3v) is 6.91. The monoisotopic (exact) mass is 517 g/mol. The maximum Gasteiger partial charge on any atom is 0.233 e. The van der Waals surface area contributed by atoms with Crippen molar-refractivity contribution in [3.05, 3.63) is 76.3 Å². The predicted molar refractivity (Wildman–Crippen MR) is 141 cm³/mol. The zero-order valence-corrected chi connectivity index (χ0v) is 21.9. The van der Waals surface area contributed by atoms with Crippen LogP contribution in [0, 0.1) is 5.41 Å². The van der Waals surface area contributed by atoms with Crippen LogP contribution in [0.2, 0.25) is 10.0 Å². The van der Waals surface area contributed by atoms with Crippen molar-refractivity contribution in [3.8, 4) is 0 Å². The van der Waals surface area contributed by atoms with Crippen molar-refractivity contribution >= 4 is 34.8 Å². The number of carbonyl (C=O) groups excluding carboxylic acids is 1. The Kier molecular flexibility index (Phi) is 9.55. The van der Waals surface area contributed by atoms with Gasteiger partial charge >= 0.3 is 0 Å². The molecule has 0 aliphatic carbocycles. The summed E-state index contributed by atoms with van der Waals surface area (Å²) in [6.45, 7) is 9.67. The molecule has 2 aromatic rings. The Morgan fingerprint density at radius 3 is 2.57 bits per heavy atom. The largest absolute Gasteiger partial charge is 0.484 e. The van der Waals surface area contributed by atoms with Crippen LogP contribution >= 0.6 is 23.2 Å². The van der Waals surface area contributed by atoms with Gasteiger partial charge in [-0.25, -0.2) is 0 Å². The Hall–Kier alpha value is -2.61. The standard InChI is InChI=1S/C26H33Cl2N5O2/c1-5-19(13-24(17(2)29)35-18(3)26-22(27)7-6-8-23(26)28)20-14-31-33(15-20)21-9-11-32(12-10-21)16-25(34)30-4/h5-8,13-15,18-19,21,29H,1,9-12,16H2,2-4H3,(H,30,34)/b24-13+,29-17?. The van der Waals surface area contributed by atoms with E-state index in [0.717, 1.165) is 31.5 Å². The number of likely N-dealkylation sites (tertiary alicyclic amines) is 1. The smallest absolute Gasteiger partial charge is 0.233 e. The lowest BCUT2D eigenvalue weighted by molar-refractivity contribution is -0.122. The van der Waals surface area contributed by atoms with E-state index >= 15 is 0 Å². The van der Waals surface area contributed by atoms with Crippen LogP contribution in [0.5, 0.6) is 0 Å². The summed E-state index contributed by atoms with van der Waals surface area (Å²) in [7, 11) is 1.66. The summed E-state index contributed by atoms with van der Waals surface area (Å²) < 4.78 is 8.14. The van der Waals surface area contributed by atoms with Crippen LogP contribution in [0.15, 0.2) is 55.1 Å². The van der Waals surface area contributed by atoms with Crippen LogP contribution in [-0.2, 0) is 9.53 Å². The number of ether oxygens (including phenoxy) is 1. The van der Waals surface area contributed by atoms with E-state index in [1.165, 1.54) is 0 Å². The third-order valence-electron chi connectivity index (χ3n) is 6.25. The summed E-state index contributed by atoms with van der Waals surface area (Å²) in [6.07, 6.45) is 8.98. The zero-order chi connectivity index (χ0) is 25.5. The van der Waals surface area contributed by atoms with Gasteiger partial charge in [0.25, 0.3) is 0 Å². The van der Waals surface area contributed by atoms with E-state index in [1.54, 1.807) is 32.2 Å². The Balaban J connectivity index is 1.72. The highest BCUT2D eigenvalue weighted by atomic mass is 35.5. The molecule has 9 heteroatoms. The quantitative estimate of drug-likeness (QED) is 0.246. The van der Waals surface area contributed by atoms with Crippen molar-refractivity contribution in [2.75, 3.05) is 26.7 Å². The summed E-state index contributed by atoms with van der Waals surface area (Å²) in [4.78, 5) is 13.8. The summed E-state index contributed by atoms with van der Waals surface area (Å²) in [6, 6.07) is 5.61. The van der Waals surface area contributed by atoms with Crippen LogP contribution in [0.3, 0.4) is 0 Å². The van der Waals surface area contributed by atoms with Crippen LogP contribution in [0.1, 0.15) is 55.9 Å². The van der Waals surface area contributed by atoms with Crippen LogP contribution in [0.4, 0.5) is 0 Å². The summed E-state index contributed by atoms with van der Waals surface area (Å²) in [5, 5.41) is 16.6. The summed E-state index contributed by atoms with van der Waals surface area (Å²) in [5.74, 6) is 0.297. The number of piperidine rings is 1. The molecule has 1 aliphatic rings. The molecule has 2 atom stereocenters. The van der Waals surface area contributed by atoms with Crippen molar-refractivity contribution in [2.24, 2.45) is 0 Å². The van der Waals surface area contributed by atoms with Crippen molar-refractivity contribution in [1.29, 1.82) is 5.41 Å². The molecule has 0 radical (unpaired) electrons. The fourth-order valence-electron chi connectivity index (χ4n) is 4.21. The number of hydrogen-bond acceptors (Lipinski definition) is 5. The molecule has 0 saturated carbocycles. The third kappa shape index (κ3) is 6.97. The summed E-state index contributed by atoms with van der Waals surface area (Å²) in [5.41, 5.74) is 1.95. The van der Waals surface area contributed by atoms with Crippen LogP contribution in [0.25, 0.3) is 0 Å². The second kappa shape index (κ2) is 12.4. The molecule has 1 aromatic carbocycles. The molecule has 1 amide bonds. The Morgan fingerprint density at radius 2 is 2.00 bits per heavy atom. The number of nitrogens with zero attached hydrogens (tertiary/aromatic N) is 3. The fraction of sp³-hybridized carbons (Fsp3) is 0.423. The lowest BCUT2D eigenvalue weighted by Crippen LogP contribution is -2.41. The molecule has 7 nitrogen and oxygen atoms in total. The van der Waals surface area contributed by atoms with E-state index in [-0.39, 0.29) is 17.9 Å². The number of hydrogen-bond donors (Lipinski definition) is 2.